The van der Waals surface area contributed by atoms with Crippen LogP contribution in [0.4, 0.5) is 0 Å². The minimum Gasteiger partial charge on any atom is -0.491 e. The molecule has 142 valence electrons. The Morgan fingerprint density at radius 3 is 2.63 bits per heavy atom. The summed E-state index contributed by atoms with van der Waals surface area (Å²) < 4.78 is 32.2. The van der Waals surface area contributed by atoms with Crippen LogP contribution in [-0.4, -0.2) is 32.8 Å². The first-order valence-corrected chi connectivity index (χ1v) is 10.0. The first-order chi connectivity index (χ1) is 12.9. The van der Waals surface area contributed by atoms with Crippen molar-refractivity contribution in [3.63, 3.8) is 0 Å². The maximum atomic E-state index is 12.1. The number of benzene rings is 2. The summed E-state index contributed by atoms with van der Waals surface area (Å²) >= 11 is 0. The Hall–Kier alpha value is -2.87. The van der Waals surface area contributed by atoms with Gasteiger partial charge < -0.3 is 10.1 Å². The molecular weight excluding hydrogens is 366 g/mol. The maximum Gasteiger partial charge on any atom is 0.263 e. The fourth-order valence-corrected chi connectivity index (χ4v) is 3.92. The number of hydrogen-bond acceptors (Lipinski definition) is 5. The molecule has 0 atom stereocenters. The van der Waals surface area contributed by atoms with Crippen molar-refractivity contribution in [3.8, 4) is 5.75 Å². The van der Waals surface area contributed by atoms with Crippen LogP contribution in [0, 0.1) is 0 Å². The van der Waals surface area contributed by atoms with Crippen molar-refractivity contribution in [1.82, 2.24) is 10.0 Å². The maximum absolute atomic E-state index is 12.1. The van der Waals surface area contributed by atoms with Crippen molar-refractivity contribution >= 4 is 21.8 Å². The van der Waals surface area contributed by atoms with E-state index in [2.05, 4.69) is 15.0 Å². The van der Waals surface area contributed by atoms with Gasteiger partial charge in [0, 0.05) is 17.7 Å². The van der Waals surface area contributed by atoms with Crippen molar-refractivity contribution < 1.29 is 17.9 Å². The lowest BCUT2D eigenvalue weighted by Crippen LogP contribution is -2.28. The summed E-state index contributed by atoms with van der Waals surface area (Å²) in [5, 5.41) is 2.78. The first-order valence-electron chi connectivity index (χ1n) is 8.55. The van der Waals surface area contributed by atoms with Crippen molar-refractivity contribution in [1.29, 1.82) is 0 Å². The van der Waals surface area contributed by atoms with E-state index >= 15 is 0 Å². The monoisotopic (exact) mass is 387 g/mol. The van der Waals surface area contributed by atoms with Gasteiger partial charge in [-0.05, 0) is 32.0 Å². The van der Waals surface area contributed by atoms with E-state index in [1.807, 2.05) is 38.1 Å². The van der Waals surface area contributed by atoms with Crippen LogP contribution in [0.3, 0.4) is 0 Å². The van der Waals surface area contributed by atoms with Gasteiger partial charge in [-0.25, -0.2) is 8.42 Å². The molecule has 2 N–H and O–H groups in total. The molecule has 0 radical (unpaired) electrons. The number of amides is 1. The highest BCUT2D eigenvalue weighted by Crippen LogP contribution is 2.22. The van der Waals surface area contributed by atoms with E-state index in [1.54, 1.807) is 18.2 Å². The number of carbonyl (C=O) groups excluding carboxylic acids is 1. The number of sulfonamides is 1. The topological polar surface area (TPSA) is 96.9 Å². The molecule has 1 amide bonds. The first kappa shape index (κ1) is 18.9. The average molecular weight is 387 g/mol. The van der Waals surface area contributed by atoms with E-state index < -0.39 is 10.0 Å². The number of carbonyl (C=O) groups is 1. The van der Waals surface area contributed by atoms with Crippen LogP contribution >= 0.6 is 0 Å². The van der Waals surface area contributed by atoms with E-state index in [-0.39, 0.29) is 29.3 Å². The quantitative estimate of drug-likeness (QED) is 0.790. The standard InChI is InChI=1S/C19H21N3O4S/c1-13(2)26-16-9-5-3-7-14(16)11-20-18(23)12-21-19-15-8-4-6-10-17(15)27(24,25)22-19/h3-10,13H,11-12H2,1-2H3,(H,20,23)(H,21,22). The van der Waals surface area contributed by atoms with Gasteiger partial charge in [0.25, 0.3) is 10.0 Å². The van der Waals surface area contributed by atoms with Gasteiger partial charge in [-0.1, -0.05) is 30.3 Å². The second-order valence-corrected chi connectivity index (χ2v) is 7.97. The zero-order chi connectivity index (χ0) is 19.4. The Balaban J connectivity index is 1.64. The van der Waals surface area contributed by atoms with Gasteiger partial charge in [0.15, 0.2) is 0 Å². The smallest absolute Gasteiger partial charge is 0.263 e. The summed E-state index contributed by atoms with van der Waals surface area (Å²) in [7, 11) is -3.60. The minimum absolute atomic E-state index is 0.0312. The Bertz CT molecular complexity index is 984. The molecule has 8 heteroatoms. The number of ether oxygens (including phenoxy) is 1. The van der Waals surface area contributed by atoms with Crippen LogP contribution in [-0.2, 0) is 21.4 Å². The lowest BCUT2D eigenvalue weighted by Gasteiger charge is -2.14. The second-order valence-electron chi connectivity index (χ2n) is 6.32. The summed E-state index contributed by atoms with van der Waals surface area (Å²) in [6.45, 7) is 3.99. The fraction of sp³-hybridized carbons (Fsp3) is 0.263. The van der Waals surface area contributed by atoms with E-state index in [0.717, 1.165) is 11.3 Å². The lowest BCUT2D eigenvalue weighted by atomic mass is 10.2. The number of aliphatic imine (C=N–C) groups is 1. The van der Waals surface area contributed by atoms with Gasteiger partial charge >= 0.3 is 0 Å². The highest BCUT2D eigenvalue weighted by atomic mass is 32.2. The minimum atomic E-state index is -3.60. The van der Waals surface area contributed by atoms with Crippen molar-refractivity contribution in [2.45, 2.75) is 31.4 Å². The molecule has 2 aromatic carbocycles. The van der Waals surface area contributed by atoms with E-state index in [0.29, 0.717) is 12.1 Å². The normalized spacial score (nSPS) is 16.0. The number of amidine groups is 1. The predicted molar refractivity (Wildman–Crippen MR) is 102 cm³/mol. The molecule has 0 aromatic heterocycles. The van der Waals surface area contributed by atoms with Gasteiger partial charge in [0.05, 0.1) is 11.0 Å². The molecule has 3 rings (SSSR count). The Kier molecular flexibility index (Phi) is 5.46. The van der Waals surface area contributed by atoms with Crippen molar-refractivity contribution in [3.05, 3.63) is 59.7 Å². The van der Waals surface area contributed by atoms with Gasteiger partial charge in [0.1, 0.15) is 18.1 Å². The predicted octanol–water partition coefficient (Wildman–Crippen LogP) is 1.83. The number of fused-ring (bicyclic) bond motifs is 1. The lowest BCUT2D eigenvalue weighted by molar-refractivity contribution is -0.119. The molecule has 0 spiro atoms. The number of rotatable bonds is 6. The van der Waals surface area contributed by atoms with Crippen LogP contribution in [0.15, 0.2) is 58.4 Å². The Morgan fingerprint density at radius 2 is 1.85 bits per heavy atom. The van der Waals surface area contributed by atoms with Crippen LogP contribution in [0.25, 0.3) is 0 Å². The van der Waals surface area contributed by atoms with Crippen molar-refractivity contribution in [2.75, 3.05) is 6.54 Å². The molecule has 1 aliphatic rings. The number of nitrogens with one attached hydrogen (secondary N) is 2. The summed E-state index contributed by atoms with van der Waals surface area (Å²) in [5.41, 5.74) is 1.33. The summed E-state index contributed by atoms with van der Waals surface area (Å²) in [6, 6.07) is 14.0. The molecule has 0 fully saturated rings. The fourth-order valence-electron chi connectivity index (χ4n) is 2.67. The molecule has 2 aromatic rings. The van der Waals surface area contributed by atoms with Gasteiger partial charge in [-0.15, -0.1) is 0 Å². The summed E-state index contributed by atoms with van der Waals surface area (Å²) in [6.07, 6.45) is 0.0312. The molecule has 7 nitrogen and oxygen atoms in total. The zero-order valence-electron chi connectivity index (χ0n) is 15.1. The van der Waals surface area contributed by atoms with E-state index in [1.165, 1.54) is 6.07 Å². The van der Waals surface area contributed by atoms with Crippen LogP contribution in [0.1, 0.15) is 25.0 Å². The third-order valence-corrected chi connectivity index (χ3v) is 5.25. The van der Waals surface area contributed by atoms with Crippen LogP contribution in [0.2, 0.25) is 0 Å². The molecular formula is C19H21N3O4S. The number of nitrogens with zero attached hydrogens (tertiary/aromatic N) is 1. The summed E-state index contributed by atoms with van der Waals surface area (Å²) in [4.78, 5) is 16.4. The van der Waals surface area contributed by atoms with Gasteiger partial charge in [-0.2, -0.15) is 0 Å². The highest BCUT2D eigenvalue weighted by Gasteiger charge is 2.30. The largest absolute Gasteiger partial charge is 0.491 e. The third kappa shape index (κ3) is 4.46. The Morgan fingerprint density at radius 1 is 1.15 bits per heavy atom. The molecule has 0 aliphatic carbocycles. The van der Waals surface area contributed by atoms with Crippen LogP contribution < -0.4 is 14.8 Å². The zero-order valence-corrected chi connectivity index (χ0v) is 15.9. The SMILES string of the molecule is CC(C)Oc1ccccc1CNC(=O)CN=C1NS(=O)(=O)c2ccccc21. The van der Waals surface area contributed by atoms with Gasteiger partial charge in [-0.3, -0.25) is 14.5 Å². The molecule has 0 bridgehead atoms. The summed E-state index contributed by atoms with van der Waals surface area (Å²) in [5.74, 6) is 0.589. The molecule has 1 heterocycles. The second kappa shape index (κ2) is 7.79. The highest BCUT2D eigenvalue weighted by molar-refractivity contribution is 7.90. The molecule has 27 heavy (non-hydrogen) atoms. The molecule has 1 aliphatic heterocycles. The number of para-hydroxylation sites is 1. The Labute approximate surface area is 158 Å². The molecule has 0 saturated carbocycles. The third-order valence-electron chi connectivity index (χ3n) is 3.85. The average Bonchev–Trinajstić information content (AvgIpc) is 2.90. The van der Waals surface area contributed by atoms with Gasteiger partial charge in [0.2, 0.25) is 5.91 Å². The molecule has 0 unspecified atom stereocenters. The van der Waals surface area contributed by atoms with E-state index in [4.69, 9.17) is 4.74 Å². The van der Waals surface area contributed by atoms with E-state index in [9.17, 15) is 13.2 Å². The number of hydrogen-bond donors (Lipinski definition) is 2. The van der Waals surface area contributed by atoms with Crippen LogP contribution in [0.5, 0.6) is 5.75 Å². The van der Waals surface area contributed by atoms with Crippen molar-refractivity contribution in [2.24, 2.45) is 4.99 Å². The molecule has 0 saturated heterocycles.